The van der Waals surface area contributed by atoms with Crippen molar-refractivity contribution in [2.75, 3.05) is 25.9 Å². The van der Waals surface area contributed by atoms with Gasteiger partial charge in [0.1, 0.15) is 0 Å². The number of ketones is 1. The molecule has 0 atom stereocenters. The van der Waals surface area contributed by atoms with Crippen LogP contribution in [0.3, 0.4) is 0 Å². The fraction of sp³-hybridized carbons (Fsp3) is 0.526. The van der Waals surface area contributed by atoms with Crippen molar-refractivity contribution in [3.8, 4) is 0 Å². The van der Waals surface area contributed by atoms with Gasteiger partial charge >= 0.3 is 0 Å². The molecule has 2 heterocycles. The van der Waals surface area contributed by atoms with E-state index in [9.17, 15) is 4.79 Å². The molecule has 2 N–H and O–H groups in total. The zero-order valence-corrected chi connectivity index (χ0v) is 14.6. The van der Waals surface area contributed by atoms with Crippen molar-refractivity contribution in [2.45, 2.75) is 39.7 Å². The monoisotopic (exact) mass is 313 g/mol. The van der Waals surface area contributed by atoms with Crippen LogP contribution < -0.4 is 5.73 Å². The number of hydrogen-bond acceptors (Lipinski definition) is 3. The molecule has 0 amide bonds. The maximum atomic E-state index is 12.9. The highest BCUT2D eigenvalue weighted by atomic mass is 16.1. The lowest BCUT2D eigenvalue weighted by Crippen LogP contribution is -2.31. The Labute approximate surface area is 138 Å². The van der Waals surface area contributed by atoms with Crippen molar-refractivity contribution < 1.29 is 4.79 Å². The molecule has 0 radical (unpaired) electrons. The lowest BCUT2D eigenvalue weighted by atomic mass is 9.86. The maximum Gasteiger partial charge on any atom is 0.170 e. The fourth-order valence-electron chi connectivity index (χ4n) is 3.43. The van der Waals surface area contributed by atoms with Gasteiger partial charge in [0.15, 0.2) is 5.78 Å². The minimum Gasteiger partial charge on any atom is -0.399 e. The maximum absolute atomic E-state index is 12.9. The van der Waals surface area contributed by atoms with E-state index in [1.165, 1.54) is 0 Å². The lowest BCUT2D eigenvalue weighted by Gasteiger charge is -2.30. The molecule has 1 aromatic carbocycles. The Balaban J connectivity index is 2.11. The molecule has 2 aromatic rings. The first-order valence-corrected chi connectivity index (χ1v) is 8.41. The predicted molar refractivity (Wildman–Crippen MR) is 95.9 cm³/mol. The van der Waals surface area contributed by atoms with Crippen molar-refractivity contribution in [3.05, 3.63) is 30.0 Å². The van der Waals surface area contributed by atoms with Crippen LogP contribution in [-0.4, -0.2) is 35.4 Å². The van der Waals surface area contributed by atoms with E-state index in [2.05, 4.69) is 22.7 Å². The molecule has 0 saturated carbocycles. The third-order valence-electron chi connectivity index (χ3n) is 4.87. The topological polar surface area (TPSA) is 51.3 Å². The van der Waals surface area contributed by atoms with Crippen LogP contribution in [0.5, 0.6) is 0 Å². The van der Waals surface area contributed by atoms with E-state index < -0.39 is 0 Å². The van der Waals surface area contributed by atoms with Crippen molar-refractivity contribution >= 4 is 22.4 Å². The molecule has 4 heteroatoms. The van der Waals surface area contributed by atoms with Crippen LogP contribution in [0.1, 0.15) is 50.0 Å². The number of nitrogens with two attached hydrogens (primary N) is 1. The average Bonchev–Trinajstić information content (AvgIpc) is 2.85. The lowest BCUT2D eigenvalue weighted by molar-refractivity contribution is 0.0859. The zero-order valence-electron chi connectivity index (χ0n) is 14.6. The quantitative estimate of drug-likeness (QED) is 0.679. The van der Waals surface area contributed by atoms with E-state index in [1.54, 1.807) is 0 Å². The Morgan fingerprint density at radius 2 is 1.87 bits per heavy atom. The van der Waals surface area contributed by atoms with E-state index in [1.807, 2.05) is 39.0 Å². The average molecular weight is 313 g/mol. The minimum atomic E-state index is -0.382. The number of likely N-dealkylation sites (tertiary alicyclic amines) is 1. The van der Waals surface area contributed by atoms with Gasteiger partial charge in [-0.15, -0.1) is 0 Å². The Morgan fingerprint density at radius 1 is 1.22 bits per heavy atom. The summed E-state index contributed by atoms with van der Waals surface area (Å²) in [7, 11) is 2.16. The largest absolute Gasteiger partial charge is 0.399 e. The summed E-state index contributed by atoms with van der Waals surface area (Å²) in [6, 6.07) is 6.33. The van der Waals surface area contributed by atoms with E-state index in [4.69, 9.17) is 5.73 Å². The highest BCUT2D eigenvalue weighted by Gasteiger charge is 2.28. The summed E-state index contributed by atoms with van der Waals surface area (Å²) in [5.41, 5.74) is 8.29. The third kappa shape index (κ3) is 3.00. The SMILES string of the molecule is CN1CCC(n2cc(C(=O)C(C)(C)C)c3ccc(N)cc32)CC1. The Hall–Kier alpha value is -1.81. The summed E-state index contributed by atoms with van der Waals surface area (Å²) in [6.07, 6.45) is 4.28. The predicted octanol–water partition coefficient (Wildman–Crippen LogP) is 3.72. The molecule has 1 saturated heterocycles. The molecular formula is C19H27N3O. The van der Waals surface area contributed by atoms with Gasteiger partial charge in [-0.1, -0.05) is 26.8 Å². The molecule has 1 aliphatic rings. The van der Waals surface area contributed by atoms with Crippen molar-refractivity contribution in [1.82, 2.24) is 9.47 Å². The van der Waals surface area contributed by atoms with Crippen molar-refractivity contribution in [3.63, 3.8) is 0 Å². The van der Waals surface area contributed by atoms with Crippen LogP contribution in [0.15, 0.2) is 24.4 Å². The number of rotatable bonds is 2. The fourth-order valence-corrected chi connectivity index (χ4v) is 3.43. The van der Waals surface area contributed by atoms with Gasteiger partial charge in [0.05, 0.1) is 5.52 Å². The van der Waals surface area contributed by atoms with Crippen LogP contribution in [0.2, 0.25) is 0 Å². The van der Waals surface area contributed by atoms with Crippen molar-refractivity contribution in [2.24, 2.45) is 5.41 Å². The Kier molecular flexibility index (Phi) is 3.96. The Bertz CT molecular complexity index is 731. The van der Waals surface area contributed by atoms with Crippen LogP contribution in [0.4, 0.5) is 5.69 Å². The first kappa shape index (κ1) is 16.1. The van der Waals surface area contributed by atoms with Gasteiger partial charge in [-0.3, -0.25) is 4.79 Å². The van der Waals surface area contributed by atoms with Gasteiger partial charge in [0, 0.05) is 34.3 Å². The number of hydrogen-bond donors (Lipinski definition) is 1. The van der Waals surface area contributed by atoms with Crippen LogP contribution in [-0.2, 0) is 0 Å². The molecule has 23 heavy (non-hydrogen) atoms. The number of fused-ring (bicyclic) bond motifs is 1. The summed E-state index contributed by atoms with van der Waals surface area (Å²) in [5.74, 6) is 0.193. The number of anilines is 1. The van der Waals surface area contributed by atoms with Crippen LogP contribution in [0, 0.1) is 5.41 Å². The highest BCUT2D eigenvalue weighted by molar-refractivity contribution is 6.10. The summed E-state index contributed by atoms with van der Waals surface area (Å²) in [4.78, 5) is 15.2. The number of benzene rings is 1. The minimum absolute atomic E-state index is 0.193. The Morgan fingerprint density at radius 3 is 2.48 bits per heavy atom. The normalized spacial score (nSPS) is 17.7. The first-order chi connectivity index (χ1) is 10.8. The van der Waals surface area contributed by atoms with Gasteiger partial charge in [0.2, 0.25) is 0 Å². The second-order valence-corrected chi connectivity index (χ2v) is 7.84. The number of carbonyl (C=O) groups excluding carboxylic acids is 1. The number of aromatic nitrogens is 1. The van der Waals surface area contributed by atoms with E-state index >= 15 is 0 Å². The van der Waals surface area contributed by atoms with E-state index in [0.717, 1.165) is 48.1 Å². The van der Waals surface area contributed by atoms with Gasteiger partial charge in [-0.05, 0) is 45.1 Å². The molecule has 0 aliphatic carbocycles. The molecule has 1 fully saturated rings. The van der Waals surface area contributed by atoms with Crippen LogP contribution >= 0.6 is 0 Å². The van der Waals surface area contributed by atoms with Gasteiger partial charge in [-0.25, -0.2) is 0 Å². The molecule has 0 bridgehead atoms. The number of carbonyl (C=O) groups is 1. The second kappa shape index (κ2) is 5.68. The molecule has 124 valence electrons. The summed E-state index contributed by atoms with van der Waals surface area (Å²) < 4.78 is 2.29. The van der Waals surface area contributed by atoms with Gasteiger partial charge in [-0.2, -0.15) is 0 Å². The molecule has 3 rings (SSSR count). The molecular weight excluding hydrogens is 286 g/mol. The van der Waals surface area contributed by atoms with Gasteiger partial charge in [0.25, 0.3) is 0 Å². The molecule has 1 aromatic heterocycles. The van der Waals surface area contributed by atoms with Crippen LogP contribution in [0.25, 0.3) is 10.9 Å². The summed E-state index contributed by atoms with van der Waals surface area (Å²) in [5, 5.41) is 1.03. The summed E-state index contributed by atoms with van der Waals surface area (Å²) in [6.45, 7) is 8.12. The van der Waals surface area contributed by atoms with E-state index in [0.29, 0.717) is 6.04 Å². The smallest absolute Gasteiger partial charge is 0.170 e. The third-order valence-corrected chi connectivity index (χ3v) is 4.87. The number of piperidine rings is 1. The zero-order chi connectivity index (χ0) is 16.8. The standard InChI is InChI=1S/C19H27N3O/c1-19(2,3)18(23)16-12-22(14-7-9-21(4)10-8-14)17-11-13(20)5-6-15(16)17/h5-6,11-12,14H,7-10,20H2,1-4H3. The van der Waals surface area contributed by atoms with Gasteiger partial charge < -0.3 is 15.2 Å². The molecule has 0 unspecified atom stereocenters. The summed E-state index contributed by atoms with van der Waals surface area (Å²) >= 11 is 0. The number of nitrogen functional groups attached to an aromatic ring is 1. The van der Waals surface area contributed by atoms with E-state index in [-0.39, 0.29) is 11.2 Å². The molecule has 1 aliphatic heterocycles. The molecule has 0 spiro atoms. The number of Topliss-reactive ketones (excluding diaryl/α,β-unsaturated/α-hetero) is 1. The number of nitrogens with zero attached hydrogens (tertiary/aromatic N) is 2. The molecule has 4 nitrogen and oxygen atoms in total. The first-order valence-electron chi connectivity index (χ1n) is 8.41. The second-order valence-electron chi connectivity index (χ2n) is 7.84. The van der Waals surface area contributed by atoms with Crippen molar-refractivity contribution in [1.29, 1.82) is 0 Å². The highest BCUT2D eigenvalue weighted by Crippen LogP contribution is 2.34.